The smallest absolute Gasteiger partial charge is 0.231 e. The number of benzene rings is 2. The van der Waals surface area contributed by atoms with Crippen LogP contribution in [0.5, 0.6) is 5.75 Å². The van der Waals surface area contributed by atoms with Crippen LogP contribution in [0.4, 0.5) is 4.39 Å². The lowest BCUT2D eigenvalue weighted by atomic mass is 9.94. The molecule has 8 heteroatoms. The Hall–Kier alpha value is -3.81. The maximum Gasteiger partial charge on any atom is 0.231 e. The van der Waals surface area contributed by atoms with Gasteiger partial charge in [-0.1, -0.05) is 12.1 Å². The number of nitrogens with zero attached hydrogens (tertiary/aromatic N) is 4. The van der Waals surface area contributed by atoms with Crippen molar-refractivity contribution in [3.05, 3.63) is 78.1 Å². The summed E-state index contributed by atoms with van der Waals surface area (Å²) in [5.74, 6) is 0.877. The second-order valence-electron chi connectivity index (χ2n) is 8.06. The lowest BCUT2D eigenvalue weighted by Gasteiger charge is -2.18. The van der Waals surface area contributed by atoms with Crippen molar-refractivity contribution in [2.24, 2.45) is 0 Å². The number of carbonyl (C=O) groups excluding carboxylic acids is 1. The molecule has 1 N–H and O–H groups in total. The van der Waals surface area contributed by atoms with E-state index in [0.717, 1.165) is 35.4 Å². The minimum absolute atomic E-state index is 0.0903. The Labute approximate surface area is 184 Å². The minimum Gasteiger partial charge on any atom is -0.497 e. The fourth-order valence-electron chi connectivity index (χ4n) is 3.86. The molecule has 0 radical (unpaired) electrons. The highest BCUT2D eigenvalue weighted by molar-refractivity contribution is 5.91. The average molecular weight is 431 g/mol. The third-order valence-corrected chi connectivity index (χ3v) is 5.95. The molecule has 162 valence electrons. The van der Waals surface area contributed by atoms with E-state index in [0.29, 0.717) is 11.5 Å². The summed E-state index contributed by atoms with van der Waals surface area (Å²) in [5, 5.41) is 7.50. The van der Waals surface area contributed by atoms with E-state index in [-0.39, 0.29) is 17.8 Å². The Morgan fingerprint density at radius 2 is 1.88 bits per heavy atom. The topological polar surface area (TPSA) is 81.4 Å². The number of fused-ring (bicyclic) bond motifs is 1. The van der Waals surface area contributed by atoms with Crippen molar-refractivity contribution in [1.82, 2.24) is 24.9 Å². The number of nitrogens with one attached hydrogen (secondary N) is 1. The number of rotatable bonds is 6. The molecule has 5 rings (SSSR count). The van der Waals surface area contributed by atoms with Crippen molar-refractivity contribution in [2.75, 3.05) is 7.11 Å². The normalized spacial score (nSPS) is 15.3. The number of halogens is 1. The van der Waals surface area contributed by atoms with Crippen LogP contribution in [0.25, 0.3) is 16.9 Å². The third kappa shape index (κ3) is 3.57. The molecule has 1 aliphatic rings. The zero-order chi connectivity index (χ0) is 22.3. The van der Waals surface area contributed by atoms with Gasteiger partial charge in [-0.05, 0) is 61.7 Å². The molecule has 1 atom stereocenters. The summed E-state index contributed by atoms with van der Waals surface area (Å²) in [5.41, 5.74) is 2.59. The Kier molecular flexibility index (Phi) is 4.84. The van der Waals surface area contributed by atoms with Crippen molar-refractivity contribution in [1.29, 1.82) is 0 Å². The van der Waals surface area contributed by atoms with Gasteiger partial charge in [0.2, 0.25) is 5.91 Å². The first-order valence-corrected chi connectivity index (χ1v) is 10.4. The molecule has 1 fully saturated rings. The molecule has 2 aromatic carbocycles. The summed E-state index contributed by atoms with van der Waals surface area (Å²) in [6.07, 6.45) is 3.09. The molecule has 1 amide bonds. The van der Waals surface area contributed by atoms with Crippen molar-refractivity contribution in [3.63, 3.8) is 0 Å². The number of methoxy groups -OCH3 is 1. The van der Waals surface area contributed by atoms with Gasteiger partial charge in [0.25, 0.3) is 0 Å². The first kappa shape index (κ1) is 20.1. The Bertz CT molecular complexity index is 1280. The van der Waals surface area contributed by atoms with Crippen LogP contribution in [-0.4, -0.2) is 32.6 Å². The number of carbonyl (C=O) groups is 1. The van der Waals surface area contributed by atoms with Gasteiger partial charge in [0.15, 0.2) is 11.5 Å². The minimum atomic E-state index is -0.593. The zero-order valence-electron chi connectivity index (χ0n) is 17.7. The summed E-state index contributed by atoms with van der Waals surface area (Å²) < 4.78 is 20.1. The van der Waals surface area contributed by atoms with E-state index >= 15 is 0 Å². The first-order chi connectivity index (χ1) is 15.5. The maximum absolute atomic E-state index is 13.3. The van der Waals surface area contributed by atoms with Crippen LogP contribution in [-0.2, 0) is 10.2 Å². The van der Waals surface area contributed by atoms with Gasteiger partial charge in [0.05, 0.1) is 24.3 Å². The molecular weight excluding hydrogens is 409 g/mol. The van der Waals surface area contributed by atoms with E-state index in [2.05, 4.69) is 20.4 Å². The Morgan fingerprint density at radius 1 is 1.16 bits per heavy atom. The molecule has 1 aliphatic carbocycles. The van der Waals surface area contributed by atoms with E-state index in [1.165, 1.54) is 12.1 Å². The molecule has 0 spiro atoms. The first-order valence-electron chi connectivity index (χ1n) is 10.4. The molecule has 2 aromatic heterocycles. The second-order valence-corrected chi connectivity index (χ2v) is 8.06. The summed E-state index contributed by atoms with van der Waals surface area (Å²) in [6.45, 7) is 1.85. The van der Waals surface area contributed by atoms with Crippen LogP contribution in [0.15, 0.2) is 60.9 Å². The number of ether oxygens (including phenoxy) is 1. The van der Waals surface area contributed by atoms with Crippen LogP contribution in [0.3, 0.4) is 0 Å². The highest BCUT2D eigenvalue weighted by Crippen LogP contribution is 2.48. The highest BCUT2D eigenvalue weighted by Gasteiger charge is 2.51. The third-order valence-electron chi connectivity index (χ3n) is 5.95. The van der Waals surface area contributed by atoms with Gasteiger partial charge in [0, 0.05) is 11.6 Å². The fourth-order valence-corrected chi connectivity index (χ4v) is 3.86. The second kappa shape index (κ2) is 7.71. The van der Waals surface area contributed by atoms with Crippen molar-refractivity contribution >= 4 is 11.6 Å². The monoisotopic (exact) mass is 431 g/mol. The maximum atomic E-state index is 13.3. The van der Waals surface area contributed by atoms with Crippen molar-refractivity contribution in [3.8, 4) is 17.0 Å². The molecule has 4 aromatic rings. The predicted molar refractivity (Wildman–Crippen MR) is 117 cm³/mol. The Balaban J connectivity index is 1.35. The molecule has 0 saturated heterocycles. The van der Waals surface area contributed by atoms with Crippen LogP contribution in [0.2, 0.25) is 0 Å². The van der Waals surface area contributed by atoms with Crippen LogP contribution in [0.1, 0.15) is 37.2 Å². The van der Waals surface area contributed by atoms with Gasteiger partial charge in [-0.25, -0.2) is 18.9 Å². The van der Waals surface area contributed by atoms with Gasteiger partial charge in [-0.15, -0.1) is 5.10 Å². The van der Waals surface area contributed by atoms with Crippen molar-refractivity contribution < 1.29 is 13.9 Å². The Morgan fingerprint density at radius 3 is 2.53 bits per heavy atom. The lowest BCUT2D eigenvalue weighted by Crippen LogP contribution is -2.36. The summed E-state index contributed by atoms with van der Waals surface area (Å²) in [4.78, 5) is 22.1. The predicted octanol–water partition coefficient (Wildman–Crippen LogP) is 3.85. The molecule has 7 nitrogen and oxygen atoms in total. The van der Waals surface area contributed by atoms with E-state index in [1.54, 1.807) is 30.1 Å². The van der Waals surface area contributed by atoms with E-state index < -0.39 is 5.41 Å². The van der Waals surface area contributed by atoms with Crippen LogP contribution >= 0.6 is 0 Å². The summed E-state index contributed by atoms with van der Waals surface area (Å²) >= 11 is 0. The SMILES string of the molecule is COc1ccc(-c2cc3nc([C@H](C)NC(=O)C4(c5ccc(F)cc5)CC4)nn3cn2)cc1. The standard InChI is InChI=1S/C24H22FN5O2/c1-15(27-23(31)24(11-12-24)17-5-7-18(25)8-6-17)22-28-21-13-20(26-14-30(21)29-22)16-3-9-19(32-2)10-4-16/h3-10,13-15H,11-12H2,1-2H3,(H,27,31)/t15-/m0/s1. The molecule has 0 bridgehead atoms. The van der Waals surface area contributed by atoms with Gasteiger partial charge >= 0.3 is 0 Å². The quantitative estimate of drug-likeness (QED) is 0.502. The number of hydrogen-bond donors (Lipinski definition) is 1. The molecule has 32 heavy (non-hydrogen) atoms. The van der Waals surface area contributed by atoms with Crippen molar-refractivity contribution in [2.45, 2.75) is 31.2 Å². The van der Waals surface area contributed by atoms with E-state index in [9.17, 15) is 9.18 Å². The highest BCUT2D eigenvalue weighted by atomic mass is 19.1. The van der Waals surface area contributed by atoms with Crippen LogP contribution < -0.4 is 10.1 Å². The fraction of sp³-hybridized carbons (Fsp3) is 0.250. The van der Waals surface area contributed by atoms with Gasteiger partial charge in [0.1, 0.15) is 17.9 Å². The summed E-state index contributed by atoms with van der Waals surface area (Å²) in [6, 6.07) is 15.2. The molecule has 2 heterocycles. The molecule has 1 saturated carbocycles. The largest absolute Gasteiger partial charge is 0.497 e. The number of aromatic nitrogens is 4. The molecule has 0 unspecified atom stereocenters. The number of hydrogen-bond acceptors (Lipinski definition) is 5. The average Bonchev–Trinajstić information content (AvgIpc) is 3.51. The number of amides is 1. The lowest BCUT2D eigenvalue weighted by molar-refractivity contribution is -0.124. The molecular formula is C24H22FN5O2. The van der Waals surface area contributed by atoms with Crippen LogP contribution in [0, 0.1) is 5.82 Å². The van der Waals surface area contributed by atoms with Gasteiger partial charge in [-0.2, -0.15) is 0 Å². The zero-order valence-corrected chi connectivity index (χ0v) is 17.7. The van der Waals surface area contributed by atoms with Gasteiger partial charge < -0.3 is 10.1 Å². The van der Waals surface area contributed by atoms with E-state index in [1.807, 2.05) is 37.3 Å². The van der Waals surface area contributed by atoms with E-state index in [4.69, 9.17) is 4.74 Å². The summed E-state index contributed by atoms with van der Waals surface area (Å²) in [7, 11) is 1.63. The van der Waals surface area contributed by atoms with Gasteiger partial charge in [-0.3, -0.25) is 4.79 Å². The molecule has 0 aliphatic heterocycles.